The molecule has 1 atom stereocenters. The number of para-hydroxylation sites is 1. The minimum atomic E-state index is -0.545. The van der Waals surface area contributed by atoms with Gasteiger partial charge in [0.1, 0.15) is 5.75 Å². The summed E-state index contributed by atoms with van der Waals surface area (Å²) in [6, 6.07) is 7.74. The highest BCUT2D eigenvalue weighted by Crippen LogP contribution is 2.32. The van der Waals surface area contributed by atoms with Gasteiger partial charge in [0, 0.05) is 12.8 Å². The molecular formula is C9H10O. The molecule has 0 radical (unpaired) electrons. The van der Waals surface area contributed by atoms with E-state index in [1.807, 2.05) is 31.2 Å². The third-order valence-corrected chi connectivity index (χ3v) is 1.79. The van der Waals surface area contributed by atoms with Crippen molar-refractivity contribution in [1.29, 1.82) is 0 Å². The maximum absolute atomic E-state index is 7.84. The largest absolute Gasteiger partial charge is 0.493 e. The third-order valence-electron chi connectivity index (χ3n) is 1.79. The van der Waals surface area contributed by atoms with Crippen molar-refractivity contribution in [2.75, 3.05) is 6.61 Å². The highest BCUT2D eigenvalue weighted by atomic mass is 16.5. The van der Waals surface area contributed by atoms with Gasteiger partial charge in [0.2, 0.25) is 0 Å². The van der Waals surface area contributed by atoms with Crippen LogP contribution in [-0.4, -0.2) is 6.61 Å². The molecule has 0 amide bonds. The second kappa shape index (κ2) is 2.01. The summed E-state index contributed by atoms with van der Waals surface area (Å²) < 4.78 is 13.2. The fourth-order valence-electron chi connectivity index (χ4n) is 1.21. The number of hydrogen-bond acceptors (Lipinski definition) is 1. The molecule has 0 fully saturated rings. The third kappa shape index (κ3) is 0.703. The highest BCUT2D eigenvalue weighted by Gasteiger charge is 2.17. The molecule has 1 aromatic rings. The summed E-state index contributed by atoms with van der Waals surface area (Å²) in [7, 11) is 0. The molecule has 2 rings (SSSR count). The van der Waals surface area contributed by atoms with Gasteiger partial charge < -0.3 is 4.74 Å². The normalized spacial score (nSPS) is 30.7. The Hall–Kier alpha value is -0.980. The minimum absolute atomic E-state index is 0.479. The van der Waals surface area contributed by atoms with Gasteiger partial charge in [0.25, 0.3) is 0 Å². The molecule has 0 aromatic heterocycles. The lowest BCUT2D eigenvalue weighted by Crippen LogP contribution is -1.93. The number of fused-ring (bicyclic) bond motifs is 1. The number of hydrogen-bond donors (Lipinski definition) is 0. The molecule has 1 heteroatoms. The monoisotopic (exact) mass is 135 g/mol. The van der Waals surface area contributed by atoms with Crippen LogP contribution in [0.25, 0.3) is 0 Å². The Kier molecular flexibility index (Phi) is 0.961. The topological polar surface area (TPSA) is 9.23 Å². The van der Waals surface area contributed by atoms with Crippen LogP contribution >= 0.6 is 0 Å². The Bertz CT molecular complexity index is 281. The van der Waals surface area contributed by atoms with Crippen LogP contribution in [0.15, 0.2) is 24.3 Å². The Morgan fingerprint density at radius 2 is 2.40 bits per heavy atom. The predicted molar refractivity (Wildman–Crippen MR) is 40.4 cm³/mol. The molecule has 1 aliphatic rings. The standard InChI is InChI=1S/C9H10O/c1-7-6-10-9-5-3-2-4-8(7)9/h2-5,7H,6H2,1H3/i7D. The minimum Gasteiger partial charge on any atom is -0.493 e. The Morgan fingerprint density at radius 1 is 1.60 bits per heavy atom. The van der Waals surface area contributed by atoms with Gasteiger partial charge in [-0.15, -0.1) is 0 Å². The van der Waals surface area contributed by atoms with Crippen LogP contribution < -0.4 is 4.74 Å². The summed E-state index contributed by atoms with van der Waals surface area (Å²) in [4.78, 5) is 0. The van der Waals surface area contributed by atoms with E-state index in [9.17, 15) is 0 Å². The van der Waals surface area contributed by atoms with Crippen molar-refractivity contribution in [2.24, 2.45) is 0 Å². The smallest absolute Gasteiger partial charge is 0.122 e. The van der Waals surface area contributed by atoms with Crippen molar-refractivity contribution in [3.05, 3.63) is 29.8 Å². The highest BCUT2D eigenvalue weighted by molar-refractivity contribution is 5.38. The van der Waals surface area contributed by atoms with Gasteiger partial charge in [-0.05, 0) is 6.07 Å². The molecule has 1 heterocycles. The molecule has 0 spiro atoms. The zero-order valence-electron chi connectivity index (χ0n) is 6.92. The lowest BCUT2D eigenvalue weighted by atomic mass is 10.0. The average molecular weight is 135 g/mol. The fraction of sp³-hybridized carbons (Fsp3) is 0.333. The van der Waals surface area contributed by atoms with Gasteiger partial charge in [-0.3, -0.25) is 0 Å². The quantitative estimate of drug-likeness (QED) is 0.529. The summed E-state index contributed by atoms with van der Waals surface area (Å²) in [5.41, 5.74) is 1.00. The van der Waals surface area contributed by atoms with E-state index < -0.39 is 5.89 Å². The molecule has 1 aliphatic heterocycles. The van der Waals surface area contributed by atoms with Crippen molar-refractivity contribution in [1.82, 2.24) is 0 Å². The van der Waals surface area contributed by atoms with Crippen LogP contribution in [0.2, 0.25) is 0 Å². The van der Waals surface area contributed by atoms with E-state index in [0.29, 0.717) is 6.61 Å². The average Bonchev–Trinajstić information content (AvgIpc) is 2.29. The lowest BCUT2D eigenvalue weighted by molar-refractivity contribution is 0.337. The van der Waals surface area contributed by atoms with E-state index in [2.05, 4.69) is 0 Å². The van der Waals surface area contributed by atoms with Gasteiger partial charge in [-0.1, -0.05) is 25.1 Å². The molecular weight excluding hydrogens is 124 g/mol. The van der Waals surface area contributed by atoms with Crippen molar-refractivity contribution in [3.63, 3.8) is 0 Å². The first-order valence-electron chi connectivity index (χ1n) is 3.92. The van der Waals surface area contributed by atoms with Gasteiger partial charge in [-0.25, -0.2) is 0 Å². The van der Waals surface area contributed by atoms with E-state index in [1.54, 1.807) is 0 Å². The van der Waals surface area contributed by atoms with Crippen LogP contribution in [0, 0.1) is 0 Å². The number of ether oxygens (including phenoxy) is 1. The Labute approximate surface area is 62.0 Å². The van der Waals surface area contributed by atoms with E-state index in [4.69, 9.17) is 6.11 Å². The molecule has 0 saturated carbocycles. The molecule has 1 unspecified atom stereocenters. The number of rotatable bonds is 0. The van der Waals surface area contributed by atoms with Gasteiger partial charge in [0.05, 0.1) is 6.61 Å². The summed E-state index contributed by atoms with van der Waals surface area (Å²) in [5, 5.41) is 0. The number of benzene rings is 1. The molecule has 1 nitrogen and oxygen atoms in total. The van der Waals surface area contributed by atoms with Crippen LogP contribution in [0.1, 0.15) is 19.8 Å². The maximum Gasteiger partial charge on any atom is 0.122 e. The van der Waals surface area contributed by atoms with Crippen molar-refractivity contribution >= 4 is 0 Å². The Morgan fingerprint density at radius 3 is 3.20 bits per heavy atom. The fourth-order valence-corrected chi connectivity index (χ4v) is 1.21. The second-order valence-corrected chi connectivity index (χ2v) is 2.57. The maximum atomic E-state index is 7.84. The van der Waals surface area contributed by atoms with Crippen LogP contribution in [-0.2, 0) is 0 Å². The van der Waals surface area contributed by atoms with Crippen LogP contribution in [0.3, 0.4) is 0 Å². The first-order chi connectivity index (χ1) is 5.20. The molecule has 0 saturated heterocycles. The van der Waals surface area contributed by atoms with E-state index in [0.717, 1.165) is 11.3 Å². The molecule has 0 N–H and O–H groups in total. The lowest BCUT2D eigenvalue weighted by Gasteiger charge is -1.96. The summed E-state index contributed by atoms with van der Waals surface area (Å²) in [6.07, 6.45) is 0. The molecule has 52 valence electrons. The molecule has 0 aliphatic carbocycles. The predicted octanol–water partition coefficient (Wildman–Crippen LogP) is 2.18. The van der Waals surface area contributed by atoms with Crippen LogP contribution in [0.5, 0.6) is 5.75 Å². The summed E-state index contributed by atoms with van der Waals surface area (Å²) >= 11 is 0. The van der Waals surface area contributed by atoms with E-state index >= 15 is 0 Å². The molecule has 0 bridgehead atoms. The molecule has 1 aromatic carbocycles. The van der Waals surface area contributed by atoms with Crippen molar-refractivity contribution in [2.45, 2.75) is 12.8 Å². The van der Waals surface area contributed by atoms with E-state index in [1.165, 1.54) is 0 Å². The summed E-state index contributed by atoms with van der Waals surface area (Å²) in [6.45, 7) is 2.35. The molecule has 10 heavy (non-hydrogen) atoms. The van der Waals surface area contributed by atoms with E-state index in [-0.39, 0.29) is 0 Å². The van der Waals surface area contributed by atoms with Crippen molar-refractivity contribution in [3.8, 4) is 5.75 Å². The summed E-state index contributed by atoms with van der Waals surface area (Å²) in [5.74, 6) is 0.321. The SMILES string of the molecule is [2H]C1(C)COc2ccccc21. The zero-order chi connectivity index (χ0) is 7.90. The first-order valence-corrected chi connectivity index (χ1v) is 3.42. The Balaban J connectivity index is 2.56. The zero-order valence-corrected chi connectivity index (χ0v) is 5.92. The van der Waals surface area contributed by atoms with Crippen molar-refractivity contribution < 1.29 is 6.11 Å². The van der Waals surface area contributed by atoms with Gasteiger partial charge in [0.15, 0.2) is 0 Å². The van der Waals surface area contributed by atoms with Gasteiger partial charge >= 0.3 is 0 Å². The first kappa shape index (κ1) is 4.78. The second-order valence-electron chi connectivity index (χ2n) is 2.57. The van der Waals surface area contributed by atoms with Gasteiger partial charge in [-0.2, -0.15) is 0 Å². The van der Waals surface area contributed by atoms with Crippen LogP contribution in [0.4, 0.5) is 0 Å².